The number of phosphoric ester groups is 2. The number of phosphoric acid groups is 2. The molecule has 3 aliphatic heterocycles. The number of nitrogens with zero attached hydrogens (tertiary/aromatic N) is 4. The van der Waals surface area contributed by atoms with Gasteiger partial charge in [0.1, 0.15) is 30.5 Å². The molecule has 3 aromatic rings. The average Bonchev–Trinajstić information content (AvgIpc) is 3.53. The molecule has 1 saturated carbocycles. The number of rotatable bonds is 2. The van der Waals surface area contributed by atoms with Gasteiger partial charge >= 0.3 is 15.6 Å². The molecule has 1 saturated heterocycles. The maximum Gasteiger partial charge on any atom is 0.481 e. The molecular formula is C22H28N5O12P2S+. The molecule has 42 heavy (non-hydrogen) atoms. The van der Waals surface area contributed by atoms with E-state index in [0.29, 0.717) is 0 Å². The average molecular weight is 649 g/mol. The summed E-state index contributed by atoms with van der Waals surface area (Å²) in [5.41, 5.74) is 6.85. The van der Waals surface area contributed by atoms with Crippen molar-refractivity contribution in [2.45, 2.75) is 59.3 Å². The number of nitrogens with two attached hydrogens (primary N) is 1. The Morgan fingerprint density at radius 2 is 1.67 bits per heavy atom. The fourth-order valence-corrected chi connectivity index (χ4v) is 8.38. The molecule has 4 aliphatic rings. The maximum atomic E-state index is 12.5. The predicted octanol–water partition coefficient (Wildman–Crippen LogP) is -0.382. The van der Waals surface area contributed by atoms with Gasteiger partial charge in [-0.25, -0.2) is 18.7 Å². The molecule has 5 heterocycles. The highest BCUT2D eigenvalue weighted by atomic mass is 32.2. The lowest BCUT2D eigenvalue weighted by Crippen LogP contribution is -2.48. The number of fused-ring (bicyclic) bond motifs is 7. The van der Waals surface area contributed by atoms with Crippen LogP contribution in [0.25, 0.3) is 11.2 Å². The van der Waals surface area contributed by atoms with Crippen molar-refractivity contribution in [2.24, 2.45) is 5.92 Å². The normalized spacial score (nSPS) is 39.1. The van der Waals surface area contributed by atoms with Crippen molar-refractivity contribution in [3.63, 3.8) is 0 Å². The van der Waals surface area contributed by atoms with Gasteiger partial charge in [-0.15, -0.1) is 0 Å². The number of aromatic nitrogens is 4. The van der Waals surface area contributed by atoms with Crippen LogP contribution in [-0.2, 0) is 27.2 Å². The molecular weight excluding hydrogens is 620 g/mol. The second-order valence-electron chi connectivity index (χ2n) is 10.1. The fraction of sp³-hybridized carbons (Fsp3) is 0.500. The van der Waals surface area contributed by atoms with E-state index >= 15 is 0 Å². The second kappa shape index (κ2) is 11.2. The van der Waals surface area contributed by atoms with Gasteiger partial charge in [0.2, 0.25) is 12.0 Å². The Labute approximate surface area is 241 Å². The summed E-state index contributed by atoms with van der Waals surface area (Å²) < 4.78 is 47.5. The summed E-state index contributed by atoms with van der Waals surface area (Å²) in [6, 6.07) is 8.23. The molecule has 10 atom stereocenters. The highest BCUT2D eigenvalue weighted by molar-refractivity contribution is 7.99. The Balaban J connectivity index is 1.48. The lowest BCUT2D eigenvalue weighted by molar-refractivity contribution is -0.717. The van der Waals surface area contributed by atoms with Crippen LogP contribution in [0.5, 0.6) is 0 Å². The molecule has 0 amide bonds. The lowest BCUT2D eigenvalue weighted by Gasteiger charge is -2.21. The van der Waals surface area contributed by atoms with Crippen LogP contribution in [0.4, 0.5) is 5.82 Å². The number of nitrogen functional groups attached to an aromatic ring is 1. The highest BCUT2D eigenvalue weighted by Crippen LogP contribution is 2.61. The summed E-state index contributed by atoms with van der Waals surface area (Å²) in [7, 11) is -10.5. The van der Waals surface area contributed by atoms with Crippen molar-refractivity contribution in [1.29, 1.82) is 0 Å². The summed E-state index contributed by atoms with van der Waals surface area (Å²) in [4.78, 5) is 30.0. The summed E-state index contributed by atoms with van der Waals surface area (Å²) in [6.45, 7) is -1.47. The number of hydrogen-bond donors (Lipinski definition) is 7. The standard InChI is InChI=1S/C22H27N5O12P2S/c23-19-14-20-24-9-26(19)12-6-10(15(28)16(12)29)7-36-40(32,33)39-41(34,35)37-8-13-17(30)18(31)21(38-13)27(20)22(25-14)42-11-4-2-1-3-5-11/h1-5,9-10,12-13,15-18,21,23,28-31H,6-8H2,(H2,32,33,34,35)/p+1/t10-,12-,13-,15-,16+,17-,18-,21-/m1/s1. The molecule has 0 radical (unpaired) electrons. The second-order valence-corrected chi connectivity index (χ2v) is 14.2. The van der Waals surface area contributed by atoms with Gasteiger partial charge in [-0.1, -0.05) is 34.9 Å². The molecule has 17 nitrogen and oxygen atoms in total. The van der Waals surface area contributed by atoms with Gasteiger partial charge in [0.25, 0.3) is 5.82 Å². The first kappa shape index (κ1) is 30.0. The van der Waals surface area contributed by atoms with Crippen LogP contribution in [0.15, 0.2) is 46.7 Å². The predicted molar refractivity (Wildman–Crippen MR) is 140 cm³/mol. The quantitative estimate of drug-likeness (QED) is 0.138. The van der Waals surface area contributed by atoms with Crippen LogP contribution >= 0.6 is 27.4 Å². The number of anilines is 1. The van der Waals surface area contributed by atoms with E-state index in [9.17, 15) is 39.3 Å². The van der Waals surface area contributed by atoms with Gasteiger partial charge in [0, 0.05) is 10.8 Å². The largest absolute Gasteiger partial charge is 0.481 e. The first-order valence-electron chi connectivity index (χ1n) is 12.7. The summed E-state index contributed by atoms with van der Waals surface area (Å²) >= 11 is 1.19. The van der Waals surface area contributed by atoms with E-state index in [4.69, 9.17) is 19.5 Å². The van der Waals surface area contributed by atoms with E-state index in [1.54, 1.807) is 0 Å². The van der Waals surface area contributed by atoms with Crippen LogP contribution in [0.1, 0.15) is 18.7 Å². The topological polar surface area (TPSA) is 253 Å². The highest BCUT2D eigenvalue weighted by Gasteiger charge is 2.50. The van der Waals surface area contributed by atoms with Gasteiger partial charge < -0.3 is 40.7 Å². The molecule has 1 aliphatic carbocycles. The van der Waals surface area contributed by atoms with E-state index in [2.05, 4.69) is 14.3 Å². The van der Waals surface area contributed by atoms with Crippen molar-refractivity contribution in [2.75, 3.05) is 18.9 Å². The third kappa shape index (κ3) is 5.52. The number of aliphatic hydroxyl groups excluding tert-OH is 4. The number of aliphatic hydroxyl groups is 4. The molecule has 0 spiro atoms. The van der Waals surface area contributed by atoms with Crippen molar-refractivity contribution in [3.8, 4) is 0 Å². The molecule has 7 rings (SSSR count). The molecule has 8 bridgehead atoms. The van der Waals surface area contributed by atoms with E-state index < -0.39 is 77.6 Å². The van der Waals surface area contributed by atoms with Crippen LogP contribution < -0.4 is 10.3 Å². The van der Waals surface area contributed by atoms with Crippen molar-refractivity contribution in [1.82, 2.24) is 14.5 Å². The zero-order valence-corrected chi connectivity index (χ0v) is 24.1. The van der Waals surface area contributed by atoms with Crippen LogP contribution in [0.2, 0.25) is 0 Å². The number of ether oxygens (including phenoxy) is 1. The van der Waals surface area contributed by atoms with Gasteiger partial charge in [-0.3, -0.25) is 13.6 Å². The fourth-order valence-electron chi connectivity index (χ4n) is 5.32. The zero-order valence-electron chi connectivity index (χ0n) is 21.5. The van der Waals surface area contributed by atoms with Crippen LogP contribution in [-0.4, -0.2) is 88.5 Å². The van der Waals surface area contributed by atoms with E-state index in [-0.39, 0.29) is 28.6 Å². The zero-order chi connectivity index (χ0) is 30.0. The minimum absolute atomic E-state index is 0.00231. The molecule has 8 N–H and O–H groups in total. The minimum atomic E-state index is -5.26. The number of imidazole rings is 1. The molecule has 2 aromatic heterocycles. The molecule has 2 fully saturated rings. The van der Waals surface area contributed by atoms with Crippen molar-refractivity contribution in [3.05, 3.63) is 36.7 Å². The maximum absolute atomic E-state index is 12.5. The third-order valence-electron chi connectivity index (χ3n) is 7.41. The first-order valence-corrected chi connectivity index (χ1v) is 16.5. The SMILES string of the molecule is Nc1c2nc(Sc3ccccc3)n3c2nc[n+]1[C@@H]1C[C@H](COP(=O)(O)OP(=O)(O)OC[C@H]2O[C@@H]3[C@H](O)[C@@H]2O)[C@@H](O)[C@H]1O. The third-order valence-corrected chi connectivity index (χ3v) is 11.0. The summed E-state index contributed by atoms with van der Waals surface area (Å²) in [6.07, 6.45) is -7.49. The number of hydrogen-bond acceptors (Lipinski definition) is 14. The summed E-state index contributed by atoms with van der Waals surface area (Å²) in [5, 5.41) is 43.5. The van der Waals surface area contributed by atoms with Crippen LogP contribution in [0, 0.1) is 5.92 Å². The number of benzene rings is 1. The monoisotopic (exact) mass is 648 g/mol. The Kier molecular flexibility index (Phi) is 7.98. The van der Waals surface area contributed by atoms with Gasteiger partial charge in [-0.2, -0.15) is 4.31 Å². The van der Waals surface area contributed by atoms with Gasteiger partial charge in [0.15, 0.2) is 16.9 Å². The van der Waals surface area contributed by atoms with Crippen molar-refractivity contribution >= 4 is 44.4 Å². The Morgan fingerprint density at radius 3 is 2.38 bits per heavy atom. The molecule has 2 unspecified atom stereocenters. The lowest BCUT2D eigenvalue weighted by atomic mass is 10.1. The Hall–Kier alpha value is -2.02. The van der Waals surface area contributed by atoms with E-state index in [1.165, 1.54) is 27.2 Å². The van der Waals surface area contributed by atoms with Crippen molar-refractivity contribution < 1.29 is 62.0 Å². The molecule has 20 heteroatoms. The van der Waals surface area contributed by atoms with Gasteiger partial charge in [0.05, 0.1) is 19.3 Å². The molecule has 228 valence electrons. The van der Waals surface area contributed by atoms with E-state index in [0.717, 1.165) is 4.90 Å². The van der Waals surface area contributed by atoms with E-state index in [1.807, 2.05) is 30.3 Å². The molecule has 1 aromatic carbocycles. The smallest absolute Gasteiger partial charge is 0.390 e. The first-order chi connectivity index (χ1) is 19.8. The summed E-state index contributed by atoms with van der Waals surface area (Å²) in [5.74, 6) is -0.858. The van der Waals surface area contributed by atoms with Crippen LogP contribution in [0.3, 0.4) is 0 Å². The Bertz CT molecular complexity index is 1580. The minimum Gasteiger partial charge on any atom is -0.390 e. The van der Waals surface area contributed by atoms with Gasteiger partial charge in [-0.05, 0) is 18.6 Å². The Morgan fingerprint density at radius 1 is 0.976 bits per heavy atom.